The van der Waals surface area contributed by atoms with Crippen LogP contribution in [-0.2, 0) is 4.79 Å². The molecular weight excluding hydrogens is 246 g/mol. The van der Waals surface area contributed by atoms with E-state index >= 15 is 0 Å². The monoisotopic (exact) mass is 273 g/mol. The SMILES string of the molecule is CCCCCCCCNC(=O)[C@@H]1C[C@H]1c1ccccc1. The number of rotatable bonds is 9. The molecule has 1 aromatic carbocycles. The van der Waals surface area contributed by atoms with E-state index in [0.717, 1.165) is 19.4 Å². The van der Waals surface area contributed by atoms with Gasteiger partial charge in [0.15, 0.2) is 0 Å². The molecule has 1 saturated carbocycles. The topological polar surface area (TPSA) is 29.1 Å². The van der Waals surface area contributed by atoms with Crippen molar-refractivity contribution in [1.29, 1.82) is 0 Å². The molecular formula is C18H27NO. The summed E-state index contributed by atoms with van der Waals surface area (Å²) in [5.74, 6) is 0.936. The maximum atomic E-state index is 12.0. The highest BCUT2D eigenvalue weighted by atomic mass is 16.2. The molecule has 1 fully saturated rings. The van der Waals surface area contributed by atoms with Crippen molar-refractivity contribution >= 4 is 5.91 Å². The Labute approximate surface area is 123 Å². The summed E-state index contributed by atoms with van der Waals surface area (Å²) in [7, 11) is 0. The number of nitrogens with one attached hydrogen (secondary N) is 1. The number of hydrogen-bond donors (Lipinski definition) is 1. The lowest BCUT2D eigenvalue weighted by Crippen LogP contribution is -2.26. The lowest BCUT2D eigenvalue weighted by atomic mass is 10.1. The first-order chi connectivity index (χ1) is 9.83. The molecule has 0 unspecified atom stereocenters. The Bertz CT molecular complexity index is 401. The maximum Gasteiger partial charge on any atom is 0.223 e. The molecule has 20 heavy (non-hydrogen) atoms. The predicted octanol–water partition coefficient (Wildman–Crippen LogP) is 4.27. The van der Waals surface area contributed by atoms with Crippen LogP contribution in [0.3, 0.4) is 0 Å². The van der Waals surface area contributed by atoms with Gasteiger partial charge in [0.1, 0.15) is 0 Å². The van der Waals surface area contributed by atoms with Crippen LogP contribution in [0.2, 0.25) is 0 Å². The zero-order valence-corrected chi connectivity index (χ0v) is 12.6. The molecule has 0 heterocycles. The minimum absolute atomic E-state index is 0.220. The van der Waals surface area contributed by atoms with Gasteiger partial charge in [0, 0.05) is 12.5 Å². The minimum atomic E-state index is 0.220. The summed E-state index contributed by atoms with van der Waals surface area (Å²) in [6, 6.07) is 10.4. The predicted molar refractivity (Wildman–Crippen MR) is 83.7 cm³/mol. The van der Waals surface area contributed by atoms with Gasteiger partial charge < -0.3 is 5.32 Å². The van der Waals surface area contributed by atoms with E-state index in [-0.39, 0.29) is 11.8 Å². The van der Waals surface area contributed by atoms with Crippen LogP contribution in [0.1, 0.15) is 63.4 Å². The third-order valence-corrected chi connectivity index (χ3v) is 4.18. The van der Waals surface area contributed by atoms with Crippen LogP contribution in [0.25, 0.3) is 0 Å². The van der Waals surface area contributed by atoms with Crippen molar-refractivity contribution in [3.63, 3.8) is 0 Å². The van der Waals surface area contributed by atoms with Crippen LogP contribution in [0.4, 0.5) is 0 Å². The van der Waals surface area contributed by atoms with Crippen molar-refractivity contribution in [1.82, 2.24) is 5.32 Å². The van der Waals surface area contributed by atoms with Crippen molar-refractivity contribution in [2.45, 2.75) is 57.8 Å². The fourth-order valence-corrected chi connectivity index (χ4v) is 2.80. The second-order valence-electron chi connectivity index (χ2n) is 5.92. The van der Waals surface area contributed by atoms with Crippen LogP contribution in [0.5, 0.6) is 0 Å². The molecule has 2 heteroatoms. The lowest BCUT2D eigenvalue weighted by molar-refractivity contribution is -0.122. The summed E-state index contributed by atoms with van der Waals surface area (Å²) < 4.78 is 0. The van der Waals surface area contributed by atoms with Gasteiger partial charge in [-0.2, -0.15) is 0 Å². The second-order valence-corrected chi connectivity index (χ2v) is 5.92. The van der Waals surface area contributed by atoms with Gasteiger partial charge in [-0.1, -0.05) is 69.4 Å². The average Bonchev–Trinajstić information content (AvgIpc) is 3.27. The third kappa shape index (κ3) is 4.66. The van der Waals surface area contributed by atoms with E-state index in [1.807, 2.05) is 6.07 Å². The van der Waals surface area contributed by atoms with Gasteiger partial charge >= 0.3 is 0 Å². The van der Waals surface area contributed by atoms with Crippen molar-refractivity contribution in [3.05, 3.63) is 35.9 Å². The summed E-state index contributed by atoms with van der Waals surface area (Å²) in [4.78, 5) is 12.0. The van der Waals surface area contributed by atoms with E-state index in [1.165, 1.54) is 37.7 Å². The van der Waals surface area contributed by atoms with Gasteiger partial charge in [-0.3, -0.25) is 4.79 Å². The number of benzene rings is 1. The largest absolute Gasteiger partial charge is 0.356 e. The minimum Gasteiger partial charge on any atom is -0.356 e. The van der Waals surface area contributed by atoms with Gasteiger partial charge in [-0.25, -0.2) is 0 Å². The van der Waals surface area contributed by atoms with Crippen LogP contribution < -0.4 is 5.32 Å². The number of carbonyl (C=O) groups is 1. The number of unbranched alkanes of at least 4 members (excludes halogenated alkanes) is 5. The number of carbonyl (C=O) groups excluding carboxylic acids is 1. The van der Waals surface area contributed by atoms with Gasteiger partial charge in [-0.15, -0.1) is 0 Å². The van der Waals surface area contributed by atoms with Crippen molar-refractivity contribution in [2.24, 2.45) is 5.92 Å². The molecule has 0 aromatic heterocycles. The van der Waals surface area contributed by atoms with Gasteiger partial charge in [-0.05, 0) is 24.3 Å². The highest BCUT2D eigenvalue weighted by Crippen LogP contribution is 2.47. The molecule has 110 valence electrons. The molecule has 0 bridgehead atoms. The Morgan fingerprint density at radius 3 is 2.55 bits per heavy atom. The number of hydrogen-bond acceptors (Lipinski definition) is 1. The van der Waals surface area contributed by atoms with Crippen molar-refractivity contribution in [3.8, 4) is 0 Å². The van der Waals surface area contributed by atoms with Crippen molar-refractivity contribution < 1.29 is 4.79 Å². The van der Waals surface area contributed by atoms with E-state index in [9.17, 15) is 4.79 Å². The Morgan fingerprint density at radius 2 is 1.80 bits per heavy atom. The van der Waals surface area contributed by atoms with E-state index in [2.05, 4.69) is 36.5 Å². The quantitative estimate of drug-likeness (QED) is 0.669. The summed E-state index contributed by atoms with van der Waals surface area (Å²) in [5, 5.41) is 3.10. The first kappa shape index (κ1) is 15.1. The van der Waals surface area contributed by atoms with Crippen LogP contribution >= 0.6 is 0 Å². The van der Waals surface area contributed by atoms with Crippen LogP contribution in [-0.4, -0.2) is 12.5 Å². The molecule has 1 aliphatic rings. The molecule has 0 radical (unpaired) electrons. The number of amides is 1. The highest BCUT2D eigenvalue weighted by Gasteiger charge is 2.43. The molecule has 1 aromatic rings. The second kappa shape index (κ2) is 8.08. The highest BCUT2D eigenvalue weighted by molar-refractivity contribution is 5.82. The lowest BCUT2D eigenvalue weighted by Gasteiger charge is -2.05. The van der Waals surface area contributed by atoms with E-state index < -0.39 is 0 Å². The van der Waals surface area contributed by atoms with Gasteiger partial charge in [0.25, 0.3) is 0 Å². The smallest absolute Gasteiger partial charge is 0.223 e. The molecule has 0 saturated heterocycles. The Morgan fingerprint density at radius 1 is 1.10 bits per heavy atom. The molecule has 1 amide bonds. The fraction of sp³-hybridized carbons (Fsp3) is 0.611. The normalized spacial score (nSPS) is 20.6. The maximum absolute atomic E-state index is 12.0. The molecule has 1 aliphatic carbocycles. The van der Waals surface area contributed by atoms with Gasteiger partial charge in [0.2, 0.25) is 5.91 Å². The van der Waals surface area contributed by atoms with E-state index in [4.69, 9.17) is 0 Å². The van der Waals surface area contributed by atoms with E-state index in [0.29, 0.717) is 5.92 Å². The van der Waals surface area contributed by atoms with Crippen LogP contribution in [0.15, 0.2) is 30.3 Å². The summed E-state index contributed by atoms with van der Waals surface area (Å²) >= 11 is 0. The molecule has 0 aliphatic heterocycles. The van der Waals surface area contributed by atoms with Gasteiger partial charge in [0.05, 0.1) is 0 Å². The standard InChI is InChI=1S/C18H27NO/c1-2-3-4-5-6-10-13-19-18(20)17-14-16(17)15-11-8-7-9-12-15/h7-9,11-12,16-17H,2-6,10,13-14H2,1H3,(H,19,20)/t16-,17+/m0/s1. The third-order valence-electron chi connectivity index (χ3n) is 4.18. The summed E-state index contributed by atoms with van der Waals surface area (Å²) in [5.41, 5.74) is 1.31. The van der Waals surface area contributed by atoms with Crippen molar-refractivity contribution in [2.75, 3.05) is 6.54 Å². The zero-order valence-electron chi connectivity index (χ0n) is 12.6. The average molecular weight is 273 g/mol. The Kier molecular flexibility index (Phi) is 6.10. The summed E-state index contributed by atoms with van der Waals surface area (Å²) in [6.07, 6.45) is 8.66. The molecule has 0 spiro atoms. The fourth-order valence-electron chi connectivity index (χ4n) is 2.80. The summed E-state index contributed by atoms with van der Waals surface area (Å²) in [6.45, 7) is 3.09. The molecule has 2 rings (SSSR count). The first-order valence-electron chi connectivity index (χ1n) is 8.15. The Balaban J connectivity index is 1.56. The first-order valence-corrected chi connectivity index (χ1v) is 8.15. The molecule has 2 atom stereocenters. The molecule has 1 N–H and O–H groups in total. The van der Waals surface area contributed by atoms with E-state index in [1.54, 1.807) is 0 Å². The Hall–Kier alpha value is -1.31. The zero-order chi connectivity index (χ0) is 14.2. The molecule has 2 nitrogen and oxygen atoms in total. The van der Waals surface area contributed by atoms with Crippen LogP contribution in [0, 0.1) is 5.92 Å².